The molecule has 3 aromatic rings. The summed E-state index contributed by atoms with van der Waals surface area (Å²) in [6, 6.07) is 8.36. The van der Waals surface area contributed by atoms with E-state index in [2.05, 4.69) is 35.3 Å². The maximum Gasteiger partial charge on any atom is 0.417 e. The van der Waals surface area contributed by atoms with Gasteiger partial charge in [0.1, 0.15) is 11.5 Å². The molecule has 2 saturated heterocycles. The topological polar surface area (TPSA) is 82.7 Å². The molecule has 0 spiro atoms. The summed E-state index contributed by atoms with van der Waals surface area (Å²) in [5.74, 6) is 1.96. The third-order valence-corrected chi connectivity index (χ3v) is 5.87. The van der Waals surface area contributed by atoms with Crippen LogP contribution in [0.1, 0.15) is 37.0 Å². The van der Waals surface area contributed by atoms with Crippen LogP contribution in [0.3, 0.4) is 0 Å². The number of nitrogens with one attached hydrogen (secondary N) is 1. The van der Waals surface area contributed by atoms with Crippen molar-refractivity contribution < 1.29 is 17.6 Å². The predicted octanol–water partition coefficient (Wildman–Crippen LogP) is 4.80. The van der Waals surface area contributed by atoms with Crippen molar-refractivity contribution in [1.29, 1.82) is 0 Å². The van der Waals surface area contributed by atoms with Crippen LogP contribution in [0.25, 0.3) is 11.3 Å². The van der Waals surface area contributed by atoms with Crippen molar-refractivity contribution in [3.8, 4) is 11.3 Å². The summed E-state index contributed by atoms with van der Waals surface area (Å²) >= 11 is 0. The number of rotatable bonds is 6. The number of hydrogen-bond donors (Lipinski definition) is 1. The molecule has 0 radical (unpaired) electrons. The monoisotopic (exact) mass is 471 g/mol. The van der Waals surface area contributed by atoms with Crippen LogP contribution >= 0.6 is 0 Å². The molecular weight excluding hydrogens is 447 g/mol. The molecule has 2 aliphatic rings. The van der Waals surface area contributed by atoms with Crippen molar-refractivity contribution in [2.75, 3.05) is 41.4 Å². The number of hydrogen-bond acceptors (Lipinski definition) is 8. The van der Waals surface area contributed by atoms with Gasteiger partial charge in [0.15, 0.2) is 0 Å². The Balaban J connectivity index is 1.34. The Morgan fingerprint density at radius 2 is 1.47 bits per heavy atom. The molecule has 5 rings (SSSR count). The number of alkyl halides is 3. The Kier molecular flexibility index (Phi) is 6.08. The van der Waals surface area contributed by atoms with Gasteiger partial charge < -0.3 is 14.2 Å². The molecule has 2 aliphatic heterocycles. The van der Waals surface area contributed by atoms with Crippen molar-refractivity contribution in [2.45, 2.75) is 31.9 Å². The number of hydrazone groups is 1. The van der Waals surface area contributed by atoms with Crippen molar-refractivity contribution in [1.82, 2.24) is 15.0 Å². The van der Waals surface area contributed by atoms with Crippen molar-refractivity contribution in [3.63, 3.8) is 0 Å². The van der Waals surface area contributed by atoms with Crippen LogP contribution in [0.4, 0.5) is 31.0 Å². The third-order valence-electron chi connectivity index (χ3n) is 5.87. The highest BCUT2D eigenvalue weighted by Crippen LogP contribution is 2.37. The van der Waals surface area contributed by atoms with Crippen LogP contribution in [-0.2, 0) is 6.18 Å². The standard InChI is InChI=1S/C23H24F3N7O/c24-23(25,26)18-8-2-1-7-17(18)19-10-9-16(34-19)15-27-31-20-28-21(32-11-3-4-12-32)30-22(29-20)33-13-5-6-14-33/h1-2,7-10,15H,3-6,11-14H2,(H,28,29,30,31)/b27-15-. The van der Waals surface area contributed by atoms with Gasteiger partial charge in [-0.05, 0) is 43.9 Å². The van der Waals surface area contributed by atoms with E-state index in [-0.39, 0.29) is 11.3 Å². The molecule has 1 N–H and O–H groups in total. The Morgan fingerprint density at radius 3 is 2.09 bits per heavy atom. The molecular formula is C23H24F3N7O. The Hall–Kier alpha value is -3.63. The maximum atomic E-state index is 13.3. The first kappa shape index (κ1) is 22.2. The van der Waals surface area contributed by atoms with E-state index < -0.39 is 11.7 Å². The smallest absolute Gasteiger partial charge is 0.417 e. The van der Waals surface area contributed by atoms with Crippen LogP contribution in [0.2, 0.25) is 0 Å². The first-order valence-corrected chi connectivity index (χ1v) is 11.3. The fraction of sp³-hybridized carbons (Fsp3) is 0.391. The molecule has 0 bridgehead atoms. The van der Waals surface area contributed by atoms with E-state index in [0.29, 0.717) is 23.6 Å². The Bertz CT molecular complexity index is 1130. The summed E-state index contributed by atoms with van der Waals surface area (Å²) in [7, 11) is 0. The second kappa shape index (κ2) is 9.32. The first-order valence-electron chi connectivity index (χ1n) is 11.3. The summed E-state index contributed by atoms with van der Waals surface area (Å²) in [6.45, 7) is 3.61. The van der Waals surface area contributed by atoms with E-state index >= 15 is 0 Å². The van der Waals surface area contributed by atoms with Gasteiger partial charge in [0.05, 0.1) is 11.8 Å². The fourth-order valence-corrected chi connectivity index (χ4v) is 4.19. The highest BCUT2D eigenvalue weighted by atomic mass is 19.4. The summed E-state index contributed by atoms with van der Waals surface area (Å²) < 4.78 is 45.5. The number of aromatic nitrogens is 3. The largest absolute Gasteiger partial charge is 0.455 e. The minimum Gasteiger partial charge on any atom is -0.455 e. The molecule has 0 aliphatic carbocycles. The second-order valence-electron chi connectivity index (χ2n) is 8.26. The molecule has 4 heterocycles. The lowest BCUT2D eigenvalue weighted by molar-refractivity contribution is -0.137. The van der Waals surface area contributed by atoms with Crippen LogP contribution in [0, 0.1) is 0 Å². The minimum absolute atomic E-state index is 0.0226. The lowest BCUT2D eigenvalue weighted by atomic mass is 10.1. The average Bonchev–Trinajstić information content (AvgIpc) is 3.61. The maximum absolute atomic E-state index is 13.3. The van der Waals surface area contributed by atoms with Crippen molar-refractivity contribution >= 4 is 24.1 Å². The van der Waals surface area contributed by atoms with E-state index in [1.807, 2.05) is 0 Å². The lowest BCUT2D eigenvalue weighted by Gasteiger charge is -2.20. The number of furan rings is 1. The summed E-state index contributed by atoms with van der Waals surface area (Å²) in [4.78, 5) is 17.9. The summed E-state index contributed by atoms with van der Waals surface area (Å²) in [5.41, 5.74) is 2.05. The number of benzene rings is 1. The van der Waals surface area contributed by atoms with Gasteiger partial charge in [0, 0.05) is 31.7 Å². The van der Waals surface area contributed by atoms with Crippen molar-refractivity contribution in [2.24, 2.45) is 5.10 Å². The van der Waals surface area contributed by atoms with Gasteiger partial charge in [-0.25, -0.2) is 5.43 Å². The SMILES string of the molecule is FC(F)(F)c1ccccc1-c1ccc(/C=N\Nc2nc(N3CCCC3)nc(N3CCCC3)n2)o1. The molecule has 178 valence electrons. The summed E-state index contributed by atoms with van der Waals surface area (Å²) in [6.07, 6.45) is 1.31. The third kappa shape index (κ3) is 4.82. The van der Waals surface area contributed by atoms with Gasteiger partial charge in [0.2, 0.25) is 17.8 Å². The molecule has 0 amide bonds. The molecule has 34 heavy (non-hydrogen) atoms. The van der Waals surface area contributed by atoms with E-state index in [0.717, 1.165) is 57.9 Å². The number of nitrogens with zero attached hydrogens (tertiary/aromatic N) is 6. The quantitative estimate of drug-likeness (QED) is 0.409. The van der Waals surface area contributed by atoms with Gasteiger partial charge in [-0.3, -0.25) is 0 Å². The predicted molar refractivity (Wildman–Crippen MR) is 123 cm³/mol. The average molecular weight is 471 g/mol. The normalized spacial score (nSPS) is 16.7. The molecule has 0 saturated carbocycles. The zero-order valence-corrected chi connectivity index (χ0v) is 18.4. The second-order valence-corrected chi connectivity index (χ2v) is 8.26. The summed E-state index contributed by atoms with van der Waals surface area (Å²) in [5, 5.41) is 4.14. The molecule has 0 unspecified atom stereocenters. The molecule has 8 nitrogen and oxygen atoms in total. The van der Waals surface area contributed by atoms with Gasteiger partial charge >= 0.3 is 6.18 Å². The molecule has 2 fully saturated rings. The van der Waals surface area contributed by atoms with Crippen LogP contribution < -0.4 is 15.2 Å². The van der Waals surface area contributed by atoms with E-state index in [1.165, 1.54) is 24.4 Å². The van der Waals surface area contributed by atoms with E-state index in [9.17, 15) is 13.2 Å². The highest BCUT2D eigenvalue weighted by molar-refractivity contribution is 5.78. The molecule has 2 aromatic heterocycles. The van der Waals surface area contributed by atoms with Crippen LogP contribution in [0.15, 0.2) is 45.9 Å². The zero-order valence-electron chi connectivity index (χ0n) is 18.4. The highest BCUT2D eigenvalue weighted by Gasteiger charge is 2.34. The minimum atomic E-state index is -4.47. The number of anilines is 3. The number of halogens is 3. The first-order chi connectivity index (χ1) is 16.5. The molecule has 0 atom stereocenters. The van der Waals surface area contributed by atoms with Crippen LogP contribution in [0.5, 0.6) is 0 Å². The van der Waals surface area contributed by atoms with Gasteiger partial charge in [0.25, 0.3) is 0 Å². The van der Waals surface area contributed by atoms with E-state index in [4.69, 9.17) is 4.42 Å². The fourth-order valence-electron chi connectivity index (χ4n) is 4.19. The van der Waals surface area contributed by atoms with Crippen molar-refractivity contribution in [3.05, 3.63) is 47.7 Å². The van der Waals surface area contributed by atoms with Gasteiger partial charge in [-0.1, -0.05) is 18.2 Å². The zero-order chi connectivity index (χ0) is 23.5. The molecule has 1 aromatic carbocycles. The Morgan fingerprint density at radius 1 is 0.853 bits per heavy atom. The Labute approximate surface area is 194 Å². The van der Waals surface area contributed by atoms with E-state index in [1.54, 1.807) is 12.1 Å². The van der Waals surface area contributed by atoms with Gasteiger partial charge in [-0.2, -0.15) is 33.2 Å². The van der Waals surface area contributed by atoms with Crippen LogP contribution in [-0.4, -0.2) is 47.3 Å². The van der Waals surface area contributed by atoms with Gasteiger partial charge in [-0.15, -0.1) is 0 Å². The molecule has 11 heteroatoms. The lowest BCUT2D eigenvalue weighted by Crippen LogP contribution is -2.25.